The molecule has 1 aliphatic rings. The third-order valence-electron chi connectivity index (χ3n) is 3.54. The van der Waals surface area contributed by atoms with Crippen LogP contribution in [-0.4, -0.2) is 26.1 Å². The van der Waals surface area contributed by atoms with E-state index in [2.05, 4.69) is 19.5 Å². The summed E-state index contributed by atoms with van der Waals surface area (Å²) in [5.74, 6) is 0.825. The van der Waals surface area contributed by atoms with Gasteiger partial charge in [0.15, 0.2) is 11.5 Å². The van der Waals surface area contributed by atoms with E-state index in [4.69, 9.17) is 4.74 Å². The van der Waals surface area contributed by atoms with Crippen LogP contribution < -0.4 is 0 Å². The average Bonchev–Trinajstić information content (AvgIpc) is 3.14. The van der Waals surface area contributed by atoms with Gasteiger partial charge in [0.25, 0.3) is 0 Å². The number of ether oxygens (including phenoxy) is 1. The standard InChI is InChI=1S/C15H14N4O/c1-2-8-16-11(5-1)15-18-12-6-3-9-17-14(12)19(15)13-7-4-10-20-13/h1-3,5-6,8-9,13H,4,7,10H2. The van der Waals surface area contributed by atoms with Gasteiger partial charge in [-0.3, -0.25) is 9.55 Å². The molecule has 0 aromatic carbocycles. The van der Waals surface area contributed by atoms with Crippen LogP contribution >= 0.6 is 0 Å². The fourth-order valence-corrected chi connectivity index (χ4v) is 2.64. The largest absolute Gasteiger partial charge is 0.358 e. The smallest absolute Gasteiger partial charge is 0.163 e. The van der Waals surface area contributed by atoms with Gasteiger partial charge in [-0.05, 0) is 37.1 Å². The molecule has 5 heteroatoms. The highest BCUT2D eigenvalue weighted by Gasteiger charge is 2.24. The van der Waals surface area contributed by atoms with E-state index in [0.29, 0.717) is 0 Å². The van der Waals surface area contributed by atoms with E-state index in [1.807, 2.05) is 30.3 Å². The van der Waals surface area contributed by atoms with Crippen LogP contribution in [0.4, 0.5) is 0 Å². The normalized spacial score (nSPS) is 18.7. The Morgan fingerprint density at radius 3 is 2.85 bits per heavy atom. The van der Waals surface area contributed by atoms with Crippen LogP contribution in [0.5, 0.6) is 0 Å². The second-order valence-electron chi connectivity index (χ2n) is 4.83. The first-order chi connectivity index (χ1) is 9.93. The van der Waals surface area contributed by atoms with Crippen LogP contribution in [0.15, 0.2) is 42.7 Å². The fraction of sp³-hybridized carbons (Fsp3) is 0.267. The minimum Gasteiger partial charge on any atom is -0.358 e. The number of hydrogen-bond acceptors (Lipinski definition) is 4. The molecule has 3 aromatic heterocycles. The molecule has 4 heterocycles. The summed E-state index contributed by atoms with van der Waals surface area (Å²) in [4.78, 5) is 13.6. The third kappa shape index (κ3) is 1.78. The lowest BCUT2D eigenvalue weighted by atomic mass is 10.3. The van der Waals surface area contributed by atoms with Crippen LogP contribution in [0.25, 0.3) is 22.7 Å². The van der Waals surface area contributed by atoms with Crippen LogP contribution in [0.2, 0.25) is 0 Å². The van der Waals surface area contributed by atoms with Crippen molar-refractivity contribution in [3.8, 4) is 11.5 Å². The molecule has 1 aliphatic heterocycles. The molecule has 0 spiro atoms. The molecule has 1 saturated heterocycles. The van der Waals surface area contributed by atoms with Gasteiger partial charge in [-0.25, -0.2) is 9.97 Å². The first kappa shape index (κ1) is 11.5. The molecule has 0 amide bonds. The van der Waals surface area contributed by atoms with Gasteiger partial charge in [0.05, 0.1) is 0 Å². The molecule has 100 valence electrons. The topological polar surface area (TPSA) is 52.8 Å². The van der Waals surface area contributed by atoms with Crippen molar-refractivity contribution in [1.82, 2.24) is 19.5 Å². The third-order valence-corrected chi connectivity index (χ3v) is 3.54. The molecule has 0 bridgehead atoms. The maximum Gasteiger partial charge on any atom is 0.163 e. The zero-order valence-corrected chi connectivity index (χ0v) is 10.9. The minimum atomic E-state index is 0.00639. The number of pyridine rings is 2. The van der Waals surface area contributed by atoms with Gasteiger partial charge in [-0.15, -0.1) is 0 Å². The molecule has 20 heavy (non-hydrogen) atoms. The molecule has 3 aromatic rings. The predicted octanol–water partition coefficient (Wildman–Crippen LogP) is 2.80. The number of nitrogens with zero attached hydrogens (tertiary/aromatic N) is 4. The number of aromatic nitrogens is 4. The summed E-state index contributed by atoms with van der Waals surface area (Å²) in [5, 5.41) is 0. The SMILES string of the molecule is c1ccc(-c2nc3cccnc3n2C2CCCO2)nc1. The van der Waals surface area contributed by atoms with Crippen molar-refractivity contribution in [3.63, 3.8) is 0 Å². The molecule has 0 aliphatic carbocycles. The number of imidazole rings is 1. The van der Waals surface area contributed by atoms with E-state index in [1.54, 1.807) is 12.4 Å². The van der Waals surface area contributed by atoms with Gasteiger partial charge in [0.1, 0.15) is 17.4 Å². The lowest BCUT2D eigenvalue weighted by Crippen LogP contribution is -2.10. The average molecular weight is 266 g/mol. The van der Waals surface area contributed by atoms with Gasteiger partial charge in [-0.1, -0.05) is 6.07 Å². The van der Waals surface area contributed by atoms with Crippen LogP contribution in [-0.2, 0) is 4.74 Å². The molecule has 5 nitrogen and oxygen atoms in total. The van der Waals surface area contributed by atoms with Gasteiger partial charge in [0.2, 0.25) is 0 Å². The van der Waals surface area contributed by atoms with E-state index < -0.39 is 0 Å². The Kier molecular flexibility index (Phi) is 2.70. The molecule has 1 atom stereocenters. The second-order valence-corrected chi connectivity index (χ2v) is 4.83. The van der Waals surface area contributed by atoms with Gasteiger partial charge < -0.3 is 4.74 Å². The van der Waals surface area contributed by atoms with Crippen molar-refractivity contribution >= 4 is 11.2 Å². The lowest BCUT2D eigenvalue weighted by Gasteiger charge is -2.14. The number of fused-ring (bicyclic) bond motifs is 1. The molecule has 1 unspecified atom stereocenters. The second kappa shape index (κ2) is 4.68. The molecule has 4 rings (SSSR count). The van der Waals surface area contributed by atoms with Crippen molar-refractivity contribution < 1.29 is 4.74 Å². The van der Waals surface area contributed by atoms with Crippen LogP contribution in [0.3, 0.4) is 0 Å². The first-order valence-corrected chi connectivity index (χ1v) is 6.79. The quantitative estimate of drug-likeness (QED) is 0.715. The summed E-state index contributed by atoms with van der Waals surface area (Å²) < 4.78 is 7.90. The Labute approximate surface area is 116 Å². The van der Waals surface area contributed by atoms with Crippen molar-refractivity contribution in [2.45, 2.75) is 19.1 Å². The molecule has 0 N–H and O–H groups in total. The highest BCUT2D eigenvalue weighted by atomic mass is 16.5. The summed E-state index contributed by atoms with van der Waals surface area (Å²) in [6, 6.07) is 9.71. The summed E-state index contributed by atoms with van der Waals surface area (Å²) >= 11 is 0. The van der Waals surface area contributed by atoms with E-state index in [9.17, 15) is 0 Å². The lowest BCUT2D eigenvalue weighted by molar-refractivity contribution is 0.0605. The summed E-state index contributed by atoms with van der Waals surface area (Å²) in [6.45, 7) is 0.791. The Morgan fingerprint density at radius 2 is 2.05 bits per heavy atom. The zero-order valence-electron chi connectivity index (χ0n) is 10.9. The fourth-order valence-electron chi connectivity index (χ4n) is 2.64. The van der Waals surface area contributed by atoms with Crippen molar-refractivity contribution in [2.75, 3.05) is 6.61 Å². The number of hydrogen-bond donors (Lipinski definition) is 0. The maximum absolute atomic E-state index is 5.82. The summed E-state index contributed by atoms with van der Waals surface area (Å²) in [6.07, 6.45) is 5.63. The van der Waals surface area contributed by atoms with E-state index in [0.717, 1.165) is 42.1 Å². The van der Waals surface area contributed by atoms with Crippen molar-refractivity contribution in [3.05, 3.63) is 42.7 Å². The highest BCUT2D eigenvalue weighted by Crippen LogP contribution is 2.31. The maximum atomic E-state index is 5.82. The van der Waals surface area contributed by atoms with E-state index >= 15 is 0 Å². The van der Waals surface area contributed by atoms with E-state index in [-0.39, 0.29) is 6.23 Å². The Balaban J connectivity index is 1.97. The predicted molar refractivity (Wildman–Crippen MR) is 75.0 cm³/mol. The summed E-state index contributed by atoms with van der Waals surface area (Å²) in [7, 11) is 0. The van der Waals surface area contributed by atoms with Crippen molar-refractivity contribution in [1.29, 1.82) is 0 Å². The Bertz CT molecular complexity index is 732. The molecule has 0 radical (unpaired) electrons. The summed E-state index contributed by atoms with van der Waals surface area (Å²) in [5.41, 5.74) is 2.59. The van der Waals surface area contributed by atoms with Gasteiger partial charge in [-0.2, -0.15) is 0 Å². The Morgan fingerprint density at radius 1 is 1.10 bits per heavy atom. The first-order valence-electron chi connectivity index (χ1n) is 6.79. The highest BCUT2D eigenvalue weighted by molar-refractivity contribution is 5.76. The van der Waals surface area contributed by atoms with Crippen LogP contribution in [0.1, 0.15) is 19.1 Å². The number of rotatable bonds is 2. The molecular formula is C15H14N4O. The van der Waals surface area contributed by atoms with Gasteiger partial charge >= 0.3 is 0 Å². The Hall–Kier alpha value is -2.27. The minimum absolute atomic E-state index is 0.00639. The van der Waals surface area contributed by atoms with Crippen LogP contribution in [0, 0.1) is 0 Å². The van der Waals surface area contributed by atoms with Crippen molar-refractivity contribution in [2.24, 2.45) is 0 Å². The zero-order chi connectivity index (χ0) is 13.4. The monoisotopic (exact) mass is 266 g/mol. The molecule has 0 saturated carbocycles. The molecule has 1 fully saturated rings. The van der Waals surface area contributed by atoms with E-state index in [1.165, 1.54) is 0 Å². The van der Waals surface area contributed by atoms with Gasteiger partial charge in [0, 0.05) is 19.0 Å². The molecular weight excluding hydrogens is 252 g/mol.